The molecule has 1 heterocycles. The molecule has 3 nitrogen and oxygen atoms in total. The minimum absolute atomic E-state index is 0.334. The van der Waals surface area contributed by atoms with Crippen LogP contribution in [0.3, 0.4) is 0 Å². The van der Waals surface area contributed by atoms with Crippen molar-refractivity contribution < 1.29 is 4.52 Å². The van der Waals surface area contributed by atoms with E-state index in [1.54, 1.807) is 0 Å². The normalized spacial score (nSPS) is 25.6. The van der Waals surface area contributed by atoms with E-state index < -0.39 is 0 Å². The van der Waals surface area contributed by atoms with Gasteiger partial charge in [0.1, 0.15) is 0 Å². The zero-order chi connectivity index (χ0) is 9.47. The first-order valence-electron chi connectivity index (χ1n) is 4.73. The van der Waals surface area contributed by atoms with Crippen molar-refractivity contribution >= 4 is 0 Å². The fourth-order valence-electron chi connectivity index (χ4n) is 2.16. The first-order valence-corrected chi connectivity index (χ1v) is 4.73. The molecule has 1 atom stereocenters. The van der Waals surface area contributed by atoms with E-state index in [4.69, 9.17) is 4.52 Å². The summed E-state index contributed by atoms with van der Waals surface area (Å²) < 4.78 is 5.24. The highest BCUT2D eigenvalue weighted by atomic mass is 16.5. The molecule has 0 bridgehead atoms. The van der Waals surface area contributed by atoms with Crippen LogP contribution >= 0.6 is 0 Å². The van der Waals surface area contributed by atoms with E-state index >= 15 is 0 Å². The molecule has 13 heavy (non-hydrogen) atoms. The fraction of sp³-hybridized carbons (Fsp3) is 0.700. The Morgan fingerprint density at radius 3 is 3.08 bits per heavy atom. The summed E-state index contributed by atoms with van der Waals surface area (Å²) in [5.41, 5.74) is 1.61. The van der Waals surface area contributed by atoms with Gasteiger partial charge in [-0.1, -0.05) is 19.0 Å². The quantitative estimate of drug-likeness (QED) is 0.717. The largest absolute Gasteiger partial charge is 0.359 e. The van der Waals surface area contributed by atoms with E-state index in [-0.39, 0.29) is 0 Å². The van der Waals surface area contributed by atoms with Gasteiger partial charge >= 0.3 is 0 Å². The van der Waals surface area contributed by atoms with Crippen LogP contribution in [-0.4, -0.2) is 12.2 Å². The second-order valence-electron chi connectivity index (χ2n) is 4.60. The van der Waals surface area contributed by atoms with E-state index in [1.807, 2.05) is 13.2 Å². The minimum atomic E-state index is 0.334. The monoisotopic (exact) mass is 180 g/mol. The maximum atomic E-state index is 5.24. The molecule has 0 saturated heterocycles. The predicted octanol–water partition coefficient (Wildman–Crippen LogP) is 1.91. The van der Waals surface area contributed by atoms with E-state index in [9.17, 15) is 0 Å². The lowest BCUT2D eigenvalue weighted by Gasteiger charge is -2.33. The van der Waals surface area contributed by atoms with Gasteiger partial charge in [-0.15, -0.1) is 0 Å². The Kier molecular flexibility index (Phi) is 1.91. The van der Waals surface area contributed by atoms with Gasteiger partial charge in [0.05, 0.1) is 12.2 Å². The molecule has 0 spiro atoms. The van der Waals surface area contributed by atoms with Gasteiger partial charge in [0.15, 0.2) is 5.76 Å². The van der Waals surface area contributed by atoms with Gasteiger partial charge in [-0.3, -0.25) is 0 Å². The van der Waals surface area contributed by atoms with Crippen LogP contribution in [0.2, 0.25) is 0 Å². The number of nitrogens with zero attached hydrogens (tertiary/aromatic N) is 1. The van der Waals surface area contributed by atoms with E-state index in [1.165, 1.54) is 5.56 Å². The summed E-state index contributed by atoms with van der Waals surface area (Å²) in [7, 11) is 1.97. The summed E-state index contributed by atoms with van der Waals surface area (Å²) in [4.78, 5) is 0. The lowest BCUT2D eigenvalue weighted by atomic mass is 9.75. The molecule has 0 radical (unpaired) electrons. The van der Waals surface area contributed by atoms with E-state index in [0.717, 1.165) is 18.6 Å². The van der Waals surface area contributed by atoms with Crippen LogP contribution in [0.25, 0.3) is 0 Å². The average molecular weight is 180 g/mol. The maximum absolute atomic E-state index is 5.24. The number of fused-ring (bicyclic) bond motifs is 1. The van der Waals surface area contributed by atoms with Crippen molar-refractivity contribution in [2.24, 2.45) is 5.41 Å². The molecule has 1 unspecified atom stereocenters. The van der Waals surface area contributed by atoms with Crippen LogP contribution in [0, 0.1) is 5.41 Å². The highest BCUT2D eigenvalue weighted by molar-refractivity contribution is 5.22. The molecule has 1 aliphatic rings. The van der Waals surface area contributed by atoms with Crippen molar-refractivity contribution in [1.29, 1.82) is 0 Å². The molecular formula is C10H16N2O. The van der Waals surface area contributed by atoms with Gasteiger partial charge in [0.25, 0.3) is 0 Å². The number of hydrogen-bond acceptors (Lipinski definition) is 3. The molecule has 1 aromatic rings. The third-order valence-electron chi connectivity index (χ3n) is 2.77. The maximum Gasteiger partial charge on any atom is 0.156 e. The van der Waals surface area contributed by atoms with Crippen LogP contribution in [0.5, 0.6) is 0 Å². The molecule has 1 N–H and O–H groups in total. The van der Waals surface area contributed by atoms with Crippen LogP contribution in [-0.2, 0) is 6.42 Å². The second-order valence-corrected chi connectivity index (χ2v) is 4.60. The summed E-state index contributed by atoms with van der Waals surface area (Å²) in [6, 6.07) is 0.334. The topological polar surface area (TPSA) is 38.1 Å². The Labute approximate surface area is 78.5 Å². The number of aromatic nitrogens is 1. The van der Waals surface area contributed by atoms with Gasteiger partial charge in [0, 0.05) is 5.56 Å². The van der Waals surface area contributed by atoms with Crippen molar-refractivity contribution in [3.05, 3.63) is 17.5 Å². The predicted molar refractivity (Wildman–Crippen MR) is 50.4 cm³/mol. The van der Waals surface area contributed by atoms with E-state index in [2.05, 4.69) is 24.3 Å². The Balaban J connectivity index is 2.36. The summed E-state index contributed by atoms with van der Waals surface area (Å²) in [5.74, 6) is 1.03. The zero-order valence-corrected chi connectivity index (χ0v) is 8.42. The number of rotatable bonds is 1. The number of nitrogens with one attached hydrogen (secondary N) is 1. The molecule has 0 aromatic carbocycles. The zero-order valence-electron chi connectivity index (χ0n) is 8.42. The standard InChI is InChI=1S/C10H16N2O/c1-10(2)4-7-6-12-13-9(7)8(5-10)11-3/h6,8,11H,4-5H2,1-3H3. The smallest absolute Gasteiger partial charge is 0.156 e. The van der Waals surface area contributed by atoms with Gasteiger partial charge in [0.2, 0.25) is 0 Å². The van der Waals surface area contributed by atoms with Crippen LogP contribution < -0.4 is 5.32 Å². The third-order valence-corrected chi connectivity index (χ3v) is 2.77. The number of hydrogen-bond donors (Lipinski definition) is 1. The molecule has 72 valence electrons. The lowest BCUT2D eigenvalue weighted by Crippen LogP contribution is -2.30. The Bertz CT molecular complexity index is 304. The first-order chi connectivity index (χ1) is 6.12. The molecule has 0 saturated carbocycles. The van der Waals surface area contributed by atoms with Gasteiger partial charge in [-0.25, -0.2) is 0 Å². The molecule has 3 heteroatoms. The van der Waals surface area contributed by atoms with Crippen LogP contribution in [0.1, 0.15) is 37.6 Å². The molecule has 0 aliphatic heterocycles. The molecule has 0 fully saturated rings. The Hall–Kier alpha value is -0.830. The summed E-state index contributed by atoms with van der Waals surface area (Å²) in [5, 5.41) is 7.12. The summed E-state index contributed by atoms with van der Waals surface area (Å²) >= 11 is 0. The Morgan fingerprint density at radius 2 is 2.38 bits per heavy atom. The fourth-order valence-corrected chi connectivity index (χ4v) is 2.16. The third kappa shape index (κ3) is 1.48. The van der Waals surface area contributed by atoms with Crippen molar-refractivity contribution in [2.75, 3.05) is 7.05 Å². The van der Waals surface area contributed by atoms with Gasteiger partial charge < -0.3 is 9.84 Å². The highest BCUT2D eigenvalue weighted by Gasteiger charge is 2.34. The first kappa shape index (κ1) is 8.75. The average Bonchev–Trinajstić information content (AvgIpc) is 2.48. The van der Waals surface area contributed by atoms with Gasteiger partial charge in [-0.05, 0) is 25.3 Å². The molecule has 0 amide bonds. The summed E-state index contributed by atoms with van der Waals surface area (Å²) in [6.45, 7) is 4.57. The molecular weight excluding hydrogens is 164 g/mol. The molecule has 1 aromatic heterocycles. The second kappa shape index (κ2) is 2.84. The molecule has 2 rings (SSSR count). The Morgan fingerprint density at radius 1 is 1.62 bits per heavy atom. The SMILES string of the molecule is CNC1CC(C)(C)Cc2cnoc21. The lowest BCUT2D eigenvalue weighted by molar-refractivity contribution is 0.227. The van der Waals surface area contributed by atoms with Crippen LogP contribution in [0.4, 0.5) is 0 Å². The van der Waals surface area contributed by atoms with Gasteiger partial charge in [-0.2, -0.15) is 0 Å². The van der Waals surface area contributed by atoms with E-state index in [0.29, 0.717) is 11.5 Å². The summed E-state index contributed by atoms with van der Waals surface area (Å²) in [6.07, 6.45) is 4.04. The van der Waals surface area contributed by atoms with Crippen molar-refractivity contribution in [3.63, 3.8) is 0 Å². The van der Waals surface area contributed by atoms with Crippen LogP contribution in [0.15, 0.2) is 10.7 Å². The van der Waals surface area contributed by atoms with Crippen molar-refractivity contribution in [3.8, 4) is 0 Å². The van der Waals surface area contributed by atoms with Crippen molar-refractivity contribution in [2.45, 2.75) is 32.7 Å². The molecule has 1 aliphatic carbocycles. The highest BCUT2D eigenvalue weighted by Crippen LogP contribution is 2.40. The minimum Gasteiger partial charge on any atom is -0.359 e. The van der Waals surface area contributed by atoms with Crippen molar-refractivity contribution in [1.82, 2.24) is 10.5 Å².